The average molecular weight is 356 g/mol. The molecule has 0 amide bonds. The van der Waals surface area contributed by atoms with Crippen LogP contribution in [0.15, 0.2) is 81.1 Å². The van der Waals surface area contributed by atoms with Crippen molar-refractivity contribution in [2.75, 3.05) is 0 Å². The van der Waals surface area contributed by atoms with E-state index in [1.165, 1.54) is 0 Å². The molecular weight excluding hydrogens is 344 g/mol. The van der Waals surface area contributed by atoms with Gasteiger partial charge in [-0.2, -0.15) is 0 Å². The van der Waals surface area contributed by atoms with Crippen molar-refractivity contribution in [2.24, 2.45) is 0 Å². The molecule has 0 bridgehead atoms. The fourth-order valence-corrected chi connectivity index (χ4v) is 4.16. The second-order valence-corrected chi connectivity index (χ2v) is 7.03. The minimum Gasteiger partial charge on any atom is -0.454 e. The highest BCUT2D eigenvalue weighted by atomic mass is 32.1. The first-order valence-corrected chi connectivity index (χ1v) is 9.18. The van der Waals surface area contributed by atoms with Gasteiger partial charge < -0.3 is 8.83 Å². The third-order valence-corrected chi connectivity index (χ3v) is 5.40. The smallest absolute Gasteiger partial charge is 0.194 e. The number of para-hydroxylation sites is 2. The van der Waals surface area contributed by atoms with Crippen LogP contribution in [-0.4, -0.2) is 9.38 Å². The topological polar surface area (TPSA) is 43.6 Å². The molecule has 0 aliphatic rings. The lowest BCUT2D eigenvalue weighted by Gasteiger charge is -1.93. The Morgan fingerprint density at radius 2 is 1.46 bits per heavy atom. The van der Waals surface area contributed by atoms with E-state index in [-0.39, 0.29) is 0 Å². The van der Waals surface area contributed by atoms with Crippen LogP contribution in [0.4, 0.5) is 0 Å². The van der Waals surface area contributed by atoms with Crippen LogP contribution in [0.2, 0.25) is 0 Å². The molecule has 0 saturated carbocycles. The molecule has 0 spiro atoms. The first-order chi connectivity index (χ1) is 12.8. The predicted octanol–water partition coefficient (Wildman–Crippen LogP) is 6.22. The number of rotatable bonds is 2. The second-order valence-electron chi connectivity index (χ2n) is 6.20. The van der Waals surface area contributed by atoms with E-state index in [2.05, 4.69) is 21.9 Å². The first kappa shape index (κ1) is 13.9. The number of imidazole rings is 1. The SMILES string of the molecule is c1ccc2oc(-c3cn4c(-c5cc6ccccc6o5)csc4n3)cc2c1. The number of hydrogen-bond donors (Lipinski definition) is 0. The predicted molar refractivity (Wildman–Crippen MR) is 103 cm³/mol. The number of nitrogens with zero attached hydrogens (tertiary/aromatic N) is 2. The quantitative estimate of drug-likeness (QED) is 0.370. The Morgan fingerprint density at radius 3 is 2.19 bits per heavy atom. The highest BCUT2D eigenvalue weighted by Gasteiger charge is 2.16. The fraction of sp³-hybridized carbons (Fsp3) is 0. The number of thiazole rings is 1. The highest BCUT2D eigenvalue weighted by molar-refractivity contribution is 7.15. The maximum Gasteiger partial charge on any atom is 0.194 e. The molecule has 5 heteroatoms. The van der Waals surface area contributed by atoms with E-state index in [0.717, 1.165) is 49.8 Å². The van der Waals surface area contributed by atoms with E-state index >= 15 is 0 Å². The van der Waals surface area contributed by atoms with Gasteiger partial charge in [-0.3, -0.25) is 4.40 Å². The zero-order chi connectivity index (χ0) is 17.1. The summed E-state index contributed by atoms with van der Waals surface area (Å²) >= 11 is 1.59. The number of benzene rings is 2. The molecule has 0 aliphatic heterocycles. The van der Waals surface area contributed by atoms with Gasteiger partial charge >= 0.3 is 0 Å². The highest BCUT2D eigenvalue weighted by Crippen LogP contribution is 2.34. The largest absolute Gasteiger partial charge is 0.454 e. The molecule has 0 radical (unpaired) electrons. The average Bonchev–Trinajstić information content (AvgIpc) is 3.41. The van der Waals surface area contributed by atoms with E-state index in [9.17, 15) is 0 Å². The second kappa shape index (κ2) is 5.09. The van der Waals surface area contributed by atoms with Crippen LogP contribution < -0.4 is 0 Å². The summed E-state index contributed by atoms with van der Waals surface area (Å²) < 4.78 is 14.0. The monoisotopic (exact) mass is 356 g/mol. The van der Waals surface area contributed by atoms with E-state index < -0.39 is 0 Å². The molecule has 26 heavy (non-hydrogen) atoms. The molecule has 4 heterocycles. The van der Waals surface area contributed by atoms with Crippen molar-refractivity contribution in [3.8, 4) is 22.9 Å². The van der Waals surface area contributed by atoms with Crippen LogP contribution in [0, 0.1) is 0 Å². The summed E-state index contributed by atoms with van der Waals surface area (Å²) in [5.74, 6) is 1.61. The Kier molecular flexibility index (Phi) is 2.73. The molecule has 0 aliphatic carbocycles. The Balaban J connectivity index is 1.51. The summed E-state index contributed by atoms with van der Waals surface area (Å²) in [7, 11) is 0. The lowest BCUT2D eigenvalue weighted by atomic mass is 10.2. The number of fused-ring (bicyclic) bond motifs is 3. The lowest BCUT2D eigenvalue weighted by molar-refractivity contribution is 0.627. The summed E-state index contributed by atoms with van der Waals surface area (Å²) in [4.78, 5) is 5.64. The molecule has 0 unspecified atom stereocenters. The summed E-state index contributed by atoms with van der Waals surface area (Å²) in [5, 5.41) is 4.25. The van der Waals surface area contributed by atoms with E-state index in [1.54, 1.807) is 11.3 Å². The van der Waals surface area contributed by atoms with Crippen molar-refractivity contribution in [1.82, 2.24) is 9.38 Å². The van der Waals surface area contributed by atoms with Gasteiger partial charge in [0.1, 0.15) is 22.6 Å². The third-order valence-electron chi connectivity index (χ3n) is 4.57. The first-order valence-electron chi connectivity index (χ1n) is 8.30. The van der Waals surface area contributed by atoms with Crippen molar-refractivity contribution in [3.05, 3.63) is 72.2 Å². The van der Waals surface area contributed by atoms with Gasteiger partial charge in [0, 0.05) is 22.3 Å². The minimum atomic E-state index is 0.776. The zero-order valence-electron chi connectivity index (χ0n) is 13.5. The lowest BCUT2D eigenvalue weighted by Crippen LogP contribution is -1.80. The minimum absolute atomic E-state index is 0.776. The van der Waals surface area contributed by atoms with Gasteiger partial charge in [-0.05, 0) is 24.3 Å². The third kappa shape index (κ3) is 1.98. The maximum absolute atomic E-state index is 6.02. The van der Waals surface area contributed by atoms with E-state index in [1.807, 2.05) is 54.7 Å². The molecule has 2 aromatic carbocycles. The summed E-state index contributed by atoms with van der Waals surface area (Å²) in [6.45, 7) is 0. The molecule has 0 atom stereocenters. The Hall–Kier alpha value is -3.31. The number of hydrogen-bond acceptors (Lipinski definition) is 4. The van der Waals surface area contributed by atoms with Crippen LogP contribution in [0.1, 0.15) is 0 Å². The molecule has 0 fully saturated rings. The van der Waals surface area contributed by atoms with Crippen molar-refractivity contribution in [3.63, 3.8) is 0 Å². The maximum atomic E-state index is 6.02. The molecule has 0 saturated heterocycles. The van der Waals surface area contributed by atoms with Crippen LogP contribution in [0.5, 0.6) is 0 Å². The normalized spacial score (nSPS) is 11.8. The summed E-state index contributed by atoms with van der Waals surface area (Å²) in [6, 6.07) is 20.1. The van der Waals surface area contributed by atoms with E-state index in [0.29, 0.717) is 0 Å². The Bertz CT molecular complexity index is 1330. The summed E-state index contributed by atoms with van der Waals surface area (Å²) in [5.41, 5.74) is 3.58. The Labute approximate surface area is 151 Å². The number of aromatic nitrogens is 2. The molecule has 6 rings (SSSR count). The van der Waals surface area contributed by atoms with Crippen molar-refractivity contribution in [1.29, 1.82) is 0 Å². The van der Waals surface area contributed by atoms with Crippen LogP contribution in [-0.2, 0) is 0 Å². The van der Waals surface area contributed by atoms with Crippen LogP contribution in [0.3, 0.4) is 0 Å². The molecule has 6 aromatic rings. The zero-order valence-corrected chi connectivity index (χ0v) is 14.4. The van der Waals surface area contributed by atoms with E-state index in [4.69, 9.17) is 13.8 Å². The van der Waals surface area contributed by atoms with Gasteiger partial charge in [0.2, 0.25) is 0 Å². The van der Waals surface area contributed by atoms with Gasteiger partial charge in [-0.1, -0.05) is 36.4 Å². The standard InChI is InChI=1S/C21H12N2O2S/c1-3-7-17-13(5-1)9-19(24-17)15-11-23-16(12-26-21(23)22-15)20-10-14-6-2-4-8-18(14)25-20/h1-12H. The molecular formula is C21H12N2O2S. The summed E-state index contributed by atoms with van der Waals surface area (Å²) in [6.07, 6.45) is 2.01. The van der Waals surface area contributed by atoms with Gasteiger partial charge in [0.05, 0.1) is 0 Å². The van der Waals surface area contributed by atoms with Crippen molar-refractivity contribution >= 4 is 38.2 Å². The van der Waals surface area contributed by atoms with Crippen molar-refractivity contribution < 1.29 is 8.83 Å². The van der Waals surface area contributed by atoms with Gasteiger partial charge in [0.15, 0.2) is 16.5 Å². The van der Waals surface area contributed by atoms with Crippen molar-refractivity contribution in [2.45, 2.75) is 0 Å². The molecule has 4 nitrogen and oxygen atoms in total. The van der Waals surface area contributed by atoms with Crippen LogP contribution in [0.25, 0.3) is 49.8 Å². The van der Waals surface area contributed by atoms with Crippen LogP contribution >= 0.6 is 11.3 Å². The Morgan fingerprint density at radius 1 is 0.808 bits per heavy atom. The fourth-order valence-electron chi connectivity index (χ4n) is 3.30. The number of furan rings is 2. The van der Waals surface area contributed by atoms with Gasteiger partial charge in [-0.25, -0.2) is 4.98 Å². The van der Waals surface area contributed by atoms with Gasteiger partial charge in [-0.15, -0.1) is 11.3 Å². The molecule has 4 aromatic heterocycles. The molecule has 124 valence electrons. The molecule has 0 N–H and O–H groups in total. The van der Waals surface area contributed by atoms with Gasteiger partial charge in [0.25, 0.3) is 0 Å².